The minimum atomic E-state index is -0.236. The lowest BCUT2D eigenvalue weighted by Crippen LogP contribution is -2.23. The average Bonchev–Trinajstić information content (AvgIpc) is 2.59. The summed E-state index contributed by atoms with van der Waals surface area (Å²) in [5, 5.41) is 3.35. The number of ether oxygens (including phenoxy) is 2. The molecular weight excluding hydrogens is 293 g/mol. The Labute approximate surface area is 135 Å². The van der Waals surface area contributed by atoms with Crippen molar-refractivity contribution in [3.05, 3.63) is 65.0 Å². The number of rotatable bonds is 5. The predicted octanol–water partition coefficient (Wildman–Crippen LogP) is 3.64. The average molecular weight is 313 g/mol. The third-order valence-electron chi connectivity index (χ3n) is 3.93. The molecular formula is C19H20FNO2. The lowest BCUT2D eigenvalue weighted by Gasteiger charge is -2.25. The van der Waals surface area contributed by atoms with Crippen molar-refractivity contribution in [1.82, 2.24) is 5.32 Å². The van der Waals surface area contributed by atoms with Gasteiger partial charge in [0.2, 0.25) is 0 Å². The van der Waals surface area contributed by atoms with Crippen LogP contribution in [0.25, 0.3) is 5.57 Å². The summed E-state index contributed by atoms with van der Waals surface area (Å²) in [7, 11) is 1.65. The van der Waals surface area contributed by atoms with E-state index in [2.05, 4.69) is 12.2 Å². The van der Waals surface area contributed by atoms with Crippen LogP contribution in [0.3, 0.4) is 0 Å². The number of methoxy groups -OCH3 is 1. The van der Waals surface area contributed by atoms with E-state index in [1.165, 1.54) is 12.1 Å². The second-order valence-corrected chi connectivity index (χ2v) is 5.42. The van der Waals surface area contributed by atoms with Gasteiger partial charge in [0.15, 0.2) is 0 Å². The maximum atomic E-state index is 13.3. The lowest BCUT2D eigenvalue weighted by molar-refractivity contribution is 0.340. The van der Waals surface area contributed by atoms with Gasteiger partial charge in [-0.15, -0.1) is 0 Å². The zero-order valence-corrected chi connectivity index (χ0v) is 13.4. The first-order chi connectivity index (χ1) is 11.2. The molecule has 0 aliphatic carbocycles. The van der Waals surface area contributed by atoms with Crippen LogP contribution in [0.4, 0.5) is 4.39 Å². The largest absolute Gasteiger partial charge is 0.497 e. The molecule has 2 aromatic carbocycles. The highest BCUT2D eigenvalue weighted by Crippen LogP contribution is 2.39. The molecule has 0 spiro atoms. The van der Waals surface area contributed by atoms with Gasteiger partial charge in [-0.1, -0.05) is 19.1 Å². The molecule has 1 heterocycles. The van der Waals surface area contributed by atoms with E-state index < -0.39 is 0 Å². The molecule has 4 heteroatoms. The van der Waals surface area contributed by atoms with E-state index in [9.17, 15) is 4.39 Å². The number of likely N-dealkylation sites (N-methyl/N-ethyl adjacent to an activating group) is 1. The predicted molar refractivity (Wildman–Crippen MR) is 89.5 cm³/mol. The molecule has 23 heavy (non-hydrogen) atoms. The van der Waals surface area contributed by atoms with Gasteiger partial charge < -0.3 is 14.8 Å². The maximum Gasteiger partial charge on any atom is 0.127 e. The smallest absolute Gasteiger partial charge is 0.127 e. The van der Waals surface area contributed by atoms with Gasteiger partial charge in [0, 0.05) is 12.1 Å². The number of fused-ring (bicyclic) bond motifs is 1. The van der Waals surface area contributed by atoms with Crippen LogP contribution < -0.4 is 14.8 Å². The number of hydrogen-bond acceptors (Lipinski definition) is 3. The van der Waals surface area contributed by atoms with Crippen molar-refractivity contribution in [3.8, 4) is 11.5 Å². The third kappa shape index (κ3) is 3.22. The highest BCUT2D eigenvalue weighted by atomic mass is 19.1. The van der Waals surface area contributed by atoms with E-state index in [-0.39, 0.29) is 5.82 Å². The number of benzene rings is 2. The standard InChI is InChI=1S/C19H20FNO2/c1-3-21-11-14-12-23-18-9-8-16(22-2)10-17(18)19(14)13-4-6-15(20)7-5-13/h4-10,21H,3,11-12H2,1-2H3. The van der Waals surface area contributed by atoms with Gasteiger partial charge in [0.1, 0.15) is 23.9 Å². The zero-order valence-electron chi connectivity index (χ0n) is 13.4. The number of halogens is 1. The van der Waals surface area contributed by atoms with Gasteiger partial charge in [-0.25, -0.2) is 4.39 Å². The van der Waals surface area contributed by atoms with Crippen molar-refractivity contribution in [2.75, 3.05) is 26.8 Å². The fourth-order valence-corrected chi connectivity index (χ4v) is 2.78. The first-order valence-electron chi connectivity index (χ1n) is 7.72. The minimum Gasteiger partial charge on any atom is -0.497 e. The number of nitrogens with one attached hydrogen (secondary N) is 1. The van der Waals surface area contributed by atoms with Gasteiger partial charge >= 0.3 is 0 Å². The first kappa shape index (κ1) is 15.6. The summed E-state index contributed by atoms with van der Waals surface area (Å²) < 4.78 is 24.5. The molecule has 0 amide bonds. The van der Waals surface area contributed by atoms with E-state index in [1.807, 2.05) is 30.3 Å². The quantitative estimate of drug-likeness (QED) is 0.914. The molecule has 3 nitrogen and oxygen atoms in total. The highest BCUT2D eigenvalue weighted by Gasteiger charge is 2.22. The zero-order chi connectivity index (χ0) is 16.2. The Morgan fingerprint density at radius 1 is 1.17 bits per heavy atom. The van der Waals surface area contributed by atoms with Gasteiger partial charge in [-0.2, -0.15) is 0 Å². The van der Waals surface area contributed by atoms with Crippen LogP contribution in [-0.4, -0.2) is 26.8 Å². The molecule has 1 N–H and O–H groups in total. The molecule has 0 unspecified atom stereocenters. The van der Waals surface area contributed by atoms with Crippen molar-refractivity contribution >= 4 is 5.57 Å². The summed E-state index contributed by atoms with van der Waals surface area (Å²) in [6, 6.07) is 12.4. The van der Waals surface area contributed by atoms with E-state index in [0.717, 1.165) is 46.9 Å². The molecule has 0 bridgehead atoms. The summed E-state index contributed by atoms with van der Waals surface area (Å²) in [5.41, 5.74) is 4.21. The van der Waals surface area contributed by atoms with Gasteiger partial charge in [-0.3, -0.25) is 0 Å². The minimum absolute atomic E-state index is 0.236. The molecule has 0 saturated heterocycles. The van der Waals surface area contributed by atoms with E-state index in [0.29, 0.717) is 6.61 Å². The van der Waals surface area contributed by atoms with Gasteiger partial charge in [0.25, 0.3) is 0 Å². The van der Waals surface area contributed by atoms with Crippen LogP contribution in [0, 0.1) is 5.82 Å². The normalized spacial score (nSPS) is 13.5. The molecule has 3 rings (SSSR count). The summed E-state index contributed by atoms with van der Waals surface area (Å²) in [5.74, 6) is 1.36. The molecule has 1 aliphatic heterocycles. The highest BCUT2D eigenvalue weighted by molar-refractivity contribution is 5.87. The molecule has 0 fully saturated rings. The van der Waals surface area contributed by atoms with Crippen molar-refractivity contribution in [1.29, 1.82) is 0 Å². The summed E-state index contributed by atoms with van der Waals surface area (Å²) in [4.78, 5) is 0. The molecule has 1 aliphatic rings. The van der Waals surface area contributed by atoms with Crippen LogP contribution in [0.15, 0.2) is 48.0 Å². The summed E-state index contributed by atoms with van der Waals surface area (Å²) in [6.45, 7) is 4.21. The molecule has 0 radical (unpaired) electrons. The molecule has 120 valence electrons. The van der Waals surface area contributed by atoms with Crippen molar-refractivity contribution in [3.63, 3.8) is 0 Å². The Morgan fingerprint density at radius 2 is 1.96 bits per heavy atom. The second-order valence-electron chi connectivity index (χ2n) is 5.42. The van der Waals surface area contributed by atoms with Crippen LogP contribution >= 0.6 is 0 Å². The Bertz CT molecular complexity index is 723. The molecule has 2 aromatic rings. The summed E-state index contributed by atoms with van der Waals surface area (Å²) in [6.07, 6.45) is 0. The monoisotopic (exact) mass is 313 g/mol. The third-order valence-corrected chi connectivity index (χ3v) is 3.93. The van der Waals surface area contributed by atoms with Crippen LogP contribution in [0.1, 0.15) is 18.1 Å². The molecule has 0 saturated carbocycles. The Balaban J connectivity index is 2.14. The van der Waals surface area contributed by atoms with Crippen LogP contribution in [0.5, 0.6) is 11.5 Å². The second kappa shape index (κ2) is 6.84. The van der Waals surface area contributed by atoms with E-state index in [1.54, 1.807) is 7.11 Å². The van der Waals surface area contributed by atoms with Gasteiger partial charge in [-0.05, 0) is 53.6 Å². The fourth-order valence-electron chi connectivity index (χ4n) is 2.78. The van der Waals surface area contributed by atoms with Crippen molar-refractivity contribution < 1.29 is 13.9 Å². The maximum absolute atomic E-state index is 13.3. The fraction of sp³-hybridized carbons (Fsp3) is 0.263. The molecule has 0 atom stereocenters. The Morgan fingerprint density at radius 3 is 2.65 bits per heavy atom. The van der Waals surface area contributed by atoms with Crippen LogP contribution in [-0.2, 0) is 0 Å². The van der Waals surface area contributed by atoms with Crippen molar-refractivity contribution in [2.45, 2.75) is 6.92 Å². The van der Waals surface area contributed by atoms with E-state index >= 15 is 0 Å². The van der Waals surface area contributed by atoms with E-state index in [4.69, 9.17) is 9.47 Å². The first-order valence-corrected chi connectivity index (χ1v) is 7.72. The SMILES string of the molecule is CCNCC1=C(c2ccc(F)cc2)c2cc(OC)ccc2OC1. The van der Waals surface area contributed by atoms with Gasteiger partial charge in [0.05, 0.1) is 7.11 Å². The Kier molecular flexibility index (Phi) is 4.63. The Hall–Kier alpha value is -2.33. The lowest BCUT2D eigenvalue weighted by atomic mass is 9.90. The number of hydrogen-bond donors (Lipinski definition) is 1. The molecule has 0 aromatic heterocycles. The topological polar surface area (TPSA) is 30.5 Å². The van der Waals surface area contributed by atoms with Crippen molar-refractivity contribution in [2.24, 2.45) is 0 Å². The summed E-state index contributed by atoms with van der Waals surface area (Å²) >= 11 is 0. The van der Waals surface area contributed by atoms with Crippen LogP contribution in [0.2, 0.25) is 0 Å².